The van der Waals surface area contributed by atoms with Crippen LogP contribution in [0.4, 0.5) is 4.79 Å². The van der Waals surface area contributed by atoms with Crippen LogP contribution in [0.1, 0.15) is 109 Å². The molecule has 4 fully saturated rings. The van der Waals surface area contributed by atoms with E-state index in [-0.39, 0.29) is 12.3 Å². The molecule has 0 radical (unpaired) electrons. The SMILES string of the molecule is CN(C)CCCNC1CCNC(NC(=O)NC2CCC3CCCCC3C2)N1C1CCCCCCCC1. The molecule has 208 valence electrons. The first-order valence-electron chi connectivity index (χ1n) is 15.6. The number of urea groups is 1. The van der Waals surface area contributed by atoms with E-state index < -0.39 is 0 Å². The van der Waals surface area contributed by atoms with Crippen LogP contribution in [-0.4, -0.2) is 74.1 Å². The molecule has 0 aromatic carbocycles. The van der Waals surface area contributed by atoms with E-state index in [1.54, 1.807) is 0 Å². The Labute approximate surface area is 221 Å². The summed E-state index contributed by atoms with van der Waals surface area (Å²) < 4.78 is 0. The van der Waals surface area contributed by atoms with Crippen LogP contribution in [0.2, 0.25) is 0 Å². The summed E-state index contributed by atoms with van der Waals surface area (Å²) in [4.78, 5) is 18.1. The van der Waals surface area contributed by atoms with E-state index in [1.807, 2.05) is 0 Å². The molecule has 2 amide bonds. The molecule has 0 aromatic heterocycles. The molecule has 5 atom stereocenters. The molecule has 1 heterocycles. The van der Waals surface area contributed by atoms with Gasteiger partial charge in [-0.3, -0.25) is 10.2 Å². The molecule has 0 aromatic rings. The summed E-state index contributed by atoms with van der Waals surface area (Å²) in [7, 11) is 4.29. The summed E-state index contributed by atoms with van der Waals surface area (Å²) in [6.45, 7) is 3.07. The van der Waals surface area contributed by atoms with Gasteiger partial charge in [-0.1, -0.05) is 64.2 Å². The first-order chi connectivity index (χ1) is 17.6. The molecule has 3 saturated carbocycles. The fraction of sp³-hybridized carbons (Fsp3) is 0.966. The maximum Gasteiger partial charge on any atom is 0.317 e. The zero-order valence-corrected chi connectivity index (χ0v) is 23.4. The van der Waals surface area contributed by atoms with Crippen LogP contribution in [0, 0.1) is 11.8 Å². The lowest BCUT2D eigenvalue weighted by molar-refractivity contribution is -0.00820. The van der Waals surface area contributed by atoms with Crippen LogP contribution >= 0.6 is 0 Å². The molecule has 7 heteroatoms. The van der Waals surface area contributed by atoms with Gasteiger partial charge in [-0.05, 0) is 84.0 Å². The van der Waals surface area contributed by atoms with Crippen LogP contribution in [0.25, 0.3) is 0 Å². The fourth-order valence-electron chi connectivity index (χ4n) is 7.52. The number of carbonyl (C=O) groups is 1. The van der Waals surface area contributed by atoms with Crippen LogP contribution in [0.15, 0.2) is 0 Å². The number of carbonyl (C=O) groups excluding carboxylic acids is 1. The average Bonchev–Trinajstić information content (AvgIpc) is 3.00. The Kier molecular flexibility index (Phi) is 11.6. The van der Waals surface area contributed by atoms with Gasteiger partial charge in [-0.2, -0.15) is 0 Å². The van der Waals surface area contributed by atoms with Crippen molar-refractivity contribution in [2.45, 2.75) is 134 Å². The Morgan fingerprint density at radius 2 is 1.53 bits per heavy atom. The molecule has 5 unspecified atom stereocenters. The normalized spacial score (nSPS) is 33.2. The summed E-state index contributed by atoms with van der Waals surface area (Å²) >= 11 is 0. The summed E-state index contributed by atoms with van der Waals surface area (Å²) in [6, 6.07) is 0.879. The maximum absolute atomic E-state index is 13.3. The Morgan fingerprint density at radius 1 is 0.833 bits per heavy atom. The van der Waals surface area contributed by atoms with Crippen molar-refractivity contribution in [3.05, 3.63) is 0 Å². The third-order valence-corrected chi connectivity index (χ3v) is 9.46. The van der Waals surface area contributed by atoms with Crippen molar-refractivity contribution in [3.63, 3.8) is 0 Å². The molecular weight excluding hydrogens is 448 g/mol. The van der Waals surface area contributed by atoms with Gasteiger partial charge >= 0.3 is 6.03 Å². The lowest BCUT2D eigenvalue weighted by atomic mass is 9.69. The number of nitrogens with zero attached hydrogens (tertiary/aromatic N) is 2. The molecular formula is C29H56N6O. The van der Waals surface area contributed by atoms with Crippen LogP contribution < -0.4 is 21.3 Å². The topological polar surface area (TPSA) is 71.7 Å². The van der Waals surface area contributed by atoms with Gasteiger partial charge in [0.2, 0.25) is 0 Å². The fourth-order valence-corrected chi connectivity index (χ4v) is 7.52. The van der Waals surface area contributed by atoms with Gasteiger partial charge in [-0.15, -0.1) is 0 Å². The van der Waals surface area contributed by atoms with E-state index >= 15 is 0 Å². The summed E-state index contributed by atoms with van der Waals surface area (Å²) in [5.41, 5.74) is 0. The minimum Gasteiger partial charge on any atom is -0.335 e. The third kappa shape index (κ3) is 8.57. The van der Waals surface area contributed by atoms with Crippen molar-refractivity contribution in [2.24, 2.45) is 11.8 Å². The number of hydrogen-bond acceptors (Lipinski definition) is 5. The summed E-state index contributed by atoms with van der Waals surface area (Å²) in [6.07, 6.45) is 22.2. The van der Waals surface area contributed by atoms with Gasteiger partial charge in [0.25, 0.3) is 0 Å². The largest absolute Gasteiger partial charge is 0.335 e. The highest BCUT2D eigenvalue weighted by molar-refractivity contribution is 5.74. The molecule has 4 rings (SSSR count). The molecule has 36 heavy (non-hydrogen) atoms. The first kappa shape index (κ1) is 28.1. The number of fused-ring (bicyclic) bond motifs is 1. The van der Waals surface area contributed by atoms with Crippen LogP contribution in [0.3, 0.4) is 0 Å². The predicted molar refractivity (Wildman–Crippen MR) is 149 cm³/mol. The number of rotatable bonds is 8. The molecule has 4 N–H and O–H groups in total. The summed E-state index contributed by atoms with van der Waals surface area (Å²) in [5.74, 6) is 1.75. The quantitative estimate of drug-likeness (QED) is 0.364. The van der Waals surface area contributed by atoms with E-state index in [2.05, 4.69) is 45.2 Å². The molecule has 0 spiro atoms. The lowest BCUT2D eigenvalue weighted by Crippen LogP contribution is -2.70. The Hall–Kier alpha value is -0.890. The van der Waals surface area contributed by atoms with E-state index in [0.29, 0.717) is 18.2 Å². The summed E-state index contributed by atoms with van der Waals surface area (Å²) in [5, 5.41) is 14.3. The van der Waals surface area contributed by atoms with Gasteiger partial charge in [0.05, 0.1) is 6.17 Å². The van der Waals surface area contributed by atoms with Gasteiger partial charge in [-0.25, -0.2) is 4.79 Å². The standard InChI is InChI=1S/C29H56N6O/c1-34(2)21-11-19-30-27-18-20-31-28(35(27)26-14-7-5-3-4-6-8-15-26)33-29(36)32-25-17-16-23-12-9-10-13-24(23)22-25/h23-28,30-31H,3-22H2,1-2H3,(H2,32,33,36). The van der Waals surface area contributed by atoms with Gasteiger partial charge in [0, 0.05) is 18.6 Å². The van der Waals surface area contributed by atoms with Crippen molar-refractivity contribution >= 4 is 6.03 Å². The number of hydrogen-bond donors (Lipinski definition) is 4. The van der Waals surface area contributed by atoms with Gasteiger partial charge < -0.3 is 20.9 Å². The van der Waals surface area contributed by atoms with Crippen molar-refractivity contribution in [3.8, 4) is 0 Å². The second-order valence-electron chi connectivity index (χ2n) is 12.5. The first-order valence-corrected chi connectivity index (χ1v) is 15.6. The van der Waals surface area contributed by atoms with Crippen molar-refractivity contribution in [1.29, 1.82) is 0 Å². The Bertz CT molecular complexity index is 635. The number of nitrogens with one attached hydrogen (secondary N) is 4. The second-order valence-corrected chi connectivity index (χ2v) is 12.5. The molecule has 0 bridgehead atoms. The molecule has 4 aliphatic rings. The smallest absolute Gasteiger partial charge is 0.317 e. The average molecular weight is 505 g/mol. The van der Waals surface area contributed by atoms with Gasteiger partial charge in [0.15, 0.2) is 0 Å². The minimum absolute atomic E-state index is 0.0214. The maximum atomic E-state index is 13.3. The van der Waals surface area contributed by atoms with Gasteiger partial charge in [0.1, 0.15) is 6.29 Å². The van der Waals surface area contributed by atoms with Crippen LogP contribution in [0.5, 0.6) is 0 Å². The zero-order chi connectivity index (χ0) is 25.2. The van der Waals surface area contributed by atoms with Crippen molar-refractivity contribution < 1.29 is 4.79 Å². The molecule has 7 nitrogen and oxygen atoms in total. The third-order valence-electron chi connectivity index (χ3n) is 9.46. The van der Waals surface area contributed by atoms with Crippen LogP contribution in [-0.2, 0) is 0 Å². The monoisotopic (exact) mass is 504 g/mol. The van der Waals surface area contributed by atoms with Crippen molar-refractivity contribution in [2.75, 3.05) is 33.7 Å². The van der Waals surface area contributed by atoms with E-state index in [9.17, 15) is 4.79 Å². The predicted octanol–water partition coefficient (Wildman–Crippen LogP) is 4.59. The highest BCUT2D eigenvalue weighted by atomic mass is 16.2. The minimum atomic E-state index is -0.0955. The lowest BCUT2D eigenvalue weighted by Gasteiger charge is -2.47. The molecule has 1 saturated heterocycles. The molecule has 1 aliphatic heterocycles. The molecule has 3 aliphatic carbocycles. The highest BCUT2D eigenvalue weighted by Gasteiger charge is 2.37. The highest BCUT2D eigenvalue weighted by Crippen LogP contribution is 2.40. The van der Waals surface area contributed by atoms with E-state index in [0.717, 1.165) is 50.7 Å². The van der Waals surface area contributed by atoms with E-state index in [4.69, 9.17) is 0 Å². The van der Waals surface area contributed by atoms with E-state index in [1.165, 1.54) is 89.9 Å². The number of amides is 2. The zero-order valence-electron chi connectivity index (χ0n) is 23.4. The Balaban J connectivity index is 1.36. The van der Waals surface area contributed by atoms with Crippen molar-refractivity contribution in [1.82, 2.24) is 31.1 Å². The Morgan fingerprint density at radius 3 is 2.28 bits per heavy atom. The second kappa shape index (κ2) is 14.9.